The molecule has 0 radical (unpaired) electrons. The number of nitrogens with zero attached hydrogens (tertiary/aromatic N) is 1. The van der Waals surface area contributed by atoms with Crippen molar-refractivity contribution in [2.75, 3.05) is 10.6 Å². The number of carbonyl (C=O) groups excluding carboxylic acids is 1. The Labute approximate surface area is 147 Å². The van der Waals surface area contributed by atoms with E-state index < -0.39 is 17.6 Å². The monoisotopic (exact) mass is 357 g/mol. The van der Waals surface area contributed by atoms with Crippen LogP contribution in [0.1, 0.15) is 15.9 Å². The Morgan fingerprint density at radius 1 is 0.885 bits per heavy atom. The van der Waals surface area contributed by atoms with Gasteiger partial charge in [0.2, 0.25) is 0 Å². The molecule has 2 aromatic carbocycles. The van der Waals surface area contributed by atoms with E-state index in [0.29, 0.717) is 11.4 Å². The largest absolute Gasteiger partial charge is 0.416 e. The summed E-state index contributed by atoms with van der Waals surface area (Å²) in [5.41, 5.74) is 0.657. The highest BCUT2D eigenvalue weighted by molar-refractivity contribution is 6.04. The Kier molecular flexibility index (Phi) is 4.88. The molecule has 0 aliphatic rings. The number of carbonyl (C=O) groups is 1. The fourth-order valence-corrected chi connectivity index (χ4v) is 2.26. The molecular formula is C19H14F3N3O. The van der Waals surface area contributed by atoms with Crippen LogP contribution in [0, 0.1) is 0 Å². The number of hydrogen-bond acceptors (Lipinski definition) is 3. The zero-order chi connectivity index (χ0) is 18.6. The molecule has 0 bridgehead atoms. The van der Waals surface area contributed by atoms with Gasteiger partial charge in [-0.1, -0.05) is 18.2 Å². The molecule has 4 nitrogen and oxygen atoms in total. The maximum absolute atomic E-state index is 12.6. The number of rotatable bonds is 4. The van der Waals surface area contributed by atoms with Crippen LogP contribution in [0.3, 0.4) is 0 Å². The summed E-state index contributed by atoms with van der Waals surface area (Å²) in [5, 5.41) is 5.64. The third kappa shape index (κ3) is 4.38. The molecular weight excluding hydrogens is 343 g/mol. The lowest BCUT2D eigenvalue weighted by atomic mass is 10.2. The van der Waals surface area contributed by atoms with Crippen LogP contribution < -0.4 is 10.6 Å². The van der Waals surface area contributed by atoms with Crippen LogP contribution >= 0.6 is 0 Å². The van der Waals surface area contributed by atoms with Crippen LogP contribution in [-0.2, 0) is 6.18 Å². The summed E-state index contributed by atoms with van der Waals surface area (Å²) in [6.07, 6.45) is -2.93. The van der Waals surface area contributed by atoms with E-state index in [4.69, 9.17) is 0 Å². The minimum absolute atomic E-state index is 0.275. The average molecular weight is 357 g/mol. The van der Waals surface area contributed by atoms with Gasteiger partial charge < -0.3 is 10.6 Å². The van der Waals surface area contributed by atoms with E-state index >= 15 is 0 Å². The van der Waals surface area contributed by atoms with Crippen LogP contribution in [-0.4, -0.2) is 10.9 Å². The molecule has 26 heavy (non-hydrogen) atoms. The van der Waals surface area contributed by atoms with Gasteiger partial charge in [0.15, 0.2) is 0 Å². The molecule has 0 aliphatic heterocycles. The van der Waals surface area contributed by atoms with Gasteiger partial charge in [-0.15, -0.1) is 0 Å². The number of nitrogens with one attached hydrogen (secondary N) is 2. The van der Waals surface area contributed by atoms with E-state index in [1.54, 1.807) is 6.07 Å². The molecule has 0 atom stereocenters. The summed E-state index contributed by atoms with van der Waals surface area (Å²) in [4.78, 5) is 16.5. The van der Waals surface area contributed by atoms with Crippen LogP contribution in [0.25, 0.3) is 0 Å². The van der Waals surface area contributed by atoms with Crippen LogP contribution in [0.2, 0.25) is 0 Å². The van der Waals surface area contributed by atoms with Crippen molar-refractivity contribution >= 4 is 23.1 Å². The second kappa shape index (κ2) is 7.26. The molecule has 1 aromatic heterocycles. The zero-order valence-electron chi connectivity index (χ0n) is 13.4. The molecule has 0 unspecified atom stereocenters. The molecule has 0 saturated heterocycles. The average Bonchev–Trinajstić information content (AvgIpc) is 2.62. The van der Waals surface area contributed by atoms with E-state index in [9.17, 15) is 18.0 Å². The van der Waals surface area contributed by atoms with E-state index in [2.05, 4.69) is 15.6 Å². The van der Waals surface area contributed by atoms with Crippen LogP contribution in [0.15, 0.2) is 72.9 Å². The summed E-state index contributed by atoms with van der Waals surface area (Å²) >= 11 is 0. The number of halogens is 3. The summed E-state index contributed by atoms with van der Waals surface area (Å²) in [5.74, 6) is 0.0412. The van der Waals surface area contributed by atoms with Crippen molar-refractivity contribution in [2.45, 2.75) is 6.18 Å². The smallest absolute Gasteiger partial charge is 0.340 e. The van der Waals surface area contributed by atoms with Crippen molar-refractivity contribution < 1.29 is 18.0 Å². The number of para-hydroxylation sites is 1. The lowest BCUT2D eigenvalue weighted by Gasteiger charge is -2.10. The van der Waals surface area contributed by atoms with Crippen molar-refractivity contribution in [3.8, 4) is 0 Å². The van der Waals surface area contributed by atoms with Crippen molar-refractivity contribution in [2.24, 2.45) is 0 Å². The summed E-state index contributed by atoms with van der Waals surface area (Å²) in [7, 11) is 0. The molecule has 132 valence electrons. The maximum atomic E-state index is 12.6. The highest BCUT2D eigenvalue weighted by Crippen LogP contribution is 2.29. The zero-order valence-corrected chi connectivity index (χ0v) is 13.4. The standard InChI is InChI=1S/C19H14F3N3O/c20-19(21,22)14-6-8-16(9-7-14)25-18(26)13-10-11-23-17(12-13)24-15-4-2-1-3-5-15/h1-12H,(H,23,24)(H,25,26). The third-order valence-corrected chi connectivity index (χ3v) is 3.54. The topological polar surface area (TPSA) is 54.0 Å². The first kappa shape index (κ1) is 17.5. The van der Waals surface area contributed by atoms with E-state index in [0.717, 1.165) is 17.8 Å². The van der Waals surface area contributed by atoms with Crippen LogP contribution in [0.5, 0.6) is 0 Å². The molecule has 3 aromatic rings. The lowest BCUT2D eigenvalue weighted by Crippen LogP contribution is -2.13. The Balaban J connectivity index is 1.71. The van der Waals surface area contributed by atoms with Gasteiger partial charge in [0, 0.05) is 23.1 Å². The first-order valence-corrected chi connectivity index (χ1v) is 7.68. The summed E-state index contributed by atoms with van der Waals surface area (Å²) < 4.78 is 37.7. The lowest BCUT2D eigenvalue weighted by molar-refractivity contribution is -0.137. The first-order chi connectivity index (χ1) is 12.4. The molecule has 0 fully saturated rings. The SMILES string of the molecule is O=C(Nc1ccc(C(F)(F)F)cc1)c1ccnc(Nc2ccccc2)c1. The number of aromatic nitrogens is 1. The van der Waals surface area contributed by atoms with Gasteiger partial charge in [0.1, 0.15) is 5.82 Å². The van der Waals surface area contributed by atoms with Crippen molar-refractivity contribution in [3.63, 3.8) is 0 Å². The minimum atomic E-state index is -4.41. The van der Waals surface area contributed by atoms with Crippen molar-refractivity contribution in [3.05, 3.63) is 84.1 Å². The van der Waals surface area contributed by atoms with Gasteiger partial charge >= 0.3 is 6.18 Å². The van der Waals surface area contributed by atoms with Gasteiger partial charge in [-0.05, 0) is 48.5 Å². The predicted octanol–water partition coefficient (Wildman–Crippen LogP) is 5.10. The molecule has 0 aliphatic carbocycles. The molecule has 1 amide bonds. The van der Waals surface area contributed by atoms with E-state index in [-0.39, 0.29) is 5.69 Å². The fraction of sp³-hybridized carbons (Fsp3) is 0.0526. The second-order valence-corrected chi connectivity index (χ2v) is 5.45. The third-order valence-electron chi connectivity index (χ3n) is 3.54. The van der Waals surface area contributed by atoms with Gasteiger partial charge in [-0.3, -0.25) is 4.79 Å². The summed E-state index contributed by atoms with van der Waals surface area (Å²) in [6, 6.07) is 16.7. The second-order valence-electron chi connectivity index (χ2n) is 5.45. The highest BCUT2D eigenvalue weighted by atomic mass is 19.4. The van der Waals surface area contributed by atoms with Gasteiger partial charge in [-0.25, -0.2) is 4.98 Å². The number of hydrogen-bond donors (Lipinski definition) is 2. The van der Waals surface area contributed by atoms with Crippen molar-refractivity contribution in [1.82, 2.24) is 4.98 Å². The number of alkyl halides is 3. The van der Waals surface area contributed by atoms with Crippen LogP contribution in [0.4, 0.5) is 30.4 Å². The highest BCUT2D eigenvalue weighted by Gasteiger charge is 2.30. The molecule has 0 spiro atoms. The minimum Gasteiger partial charge on any atom is -0.340 e. The fourth-order valence-electron chi connectivity index (χ4n) is 2.26. The van der Waals surface area contributed by atoms with E-state index in [1.807, 2.05) is 30.3 Å². The maximum Gasteiger partial charge on any atom is 0.416 e. The Morgan fingerprint density at radius 2 is 1.58 bits per heavy atom. The van der Waals surface area contributed by atoms with E-state index in [1.165, 1.54) is 24.4 Å². The number of pyridine rings is 1. The molecule has 3 rings (SSSR count). The number of amides is 1. The quantitative estimate of drug-likeness (QED) is 0.683. The Morgan fingerprint density at radius 3 is 2.23 bits per heavy atom. The Bertz CT molecular complexity index is 894. The van der Waals surface area contributed by atoms with Gasteiger partial charge in [0.05, 0.1) is 5.56 Å². The Hall–Kier alpha value is -3.35. The first-order valence-electron chi connectivity index (χ1n) is 7.68. The number of anilines is 3. The number of benzene rings is 2. The molecule has 7 heteroatoms. The van der Waals surface area contributed by atoms with Gasteiger partial charge in [0.25, 0.3) is 5.91 Å². The normalized spacial score (nSPS) is 11.0. The predicted molar refractivity (Wildman–Crippen MR) is 93.4 cm³/mol. The molecule has 1 heterocycles. The van der Waals surface area contributed by atoms with Crippen molar-refractivity contribution in [1.29, 1.82) is 0 Å². The molecule has 0 saturated carbocycles. The van der Waals surface area contributed by atoms with Gasteiger partial charge in [-0.2, -0.15) is 13.2 Å². The summed E-state index contributed by atoms with van der Waals surface area (Å²) in [6.45, 7) is 0. The molecule has 2 N–H and O–H groups in total.